The number of anilines is 1. The van der Waals surface area contributed by atoms with E-state index < -0.39 is 0 Å². The monoisotopic (exact) mass is 232 g/mol. The fourth-order valence-electron chi connectivity index (χ4n) is 1.94. The van der Waals surface area contributed by atoms with Crippen molar-refractivity contribution in [3.05, 3.63) is 24.3 Å². The highest BCUT2D eigenvalue weighted by atomic mass is 16.5. The van der Waals surface area contributed by atoms with E-state index in [-0.39, 0.29) is 18.4 Å². The molecule has 0 aromatic heterocycles. The maximum atomic E-state index is 11.8. The second-order valence-corrected chi connectivity index (χ2v) is 3.75. The van der Waals surface area contributed by atoms with Gasteiger partial charge in [0.05, 0.1) is 25.3 Å². The number of para-hydroxylation sites is 2. The molecule has 1 saturated heterocycles. The summed E-state index contributed by atoms with van der Waals surface area (Å²) >= 11 is 0. The van der Waals surface area contributed by atoms with Gasteiger partial charge in [0.25, 0.3) is 0 Å². The van der Waals surface area contributed by atoms with E-state index in [1.54, 1.807) is 18.1 Å². The van der Waals surface area contributed by atoms with E-state index in [1.165, 1.54) is 6.08 Å². The van der Waals surface area contributed by atoms with Crippen LogP contribution in [0.1, 0.15) is 6.42 Å². The fourth-order valence-corrected chi connectivity index (χ4v) is 1.94. The van der Waals surface area contributed by atoms with Crippen LogP contribution in [0.2, 0.25) is 0 Å². The van der Waals surface area contributed by atoms with Crippen LogP contribution < -0.4 is 9.64 Å². The second-order valence-electron chi connectivity index (χ2n) is 3.75. The summed E-state index contributed by atoms with van der Waals surface area (Å²) in [6.45, 7) is 0.397. The van der Waals surface area contributed by atoms with E-state index in [9.17, 15) is 9.59 Å². The van der Waals surface area contributed by atoms with Crippen molar-refractivity contribution in [2.75, 3.05) is 18.6 Å². The fraction of sp³-hybridized carbons (Fsp3) is 0.333. The van der Waals surface area contributed by atoms with Crippen LogP contribution in [0.3, 0.4) is 0 Å². The zero-order chi connectivity index (χ0) is 12.3. The van der Waals surface area contributed by atoms with E-state index in [4.69, 9.17) is 4.74 Å². The lowest BCUT2D eigenvalue weighted by Crippen LogP contribution is -2.25. The topological polar surface area (TPSA) is 59.0 Å². The number of nitrogens with zero attached hydrogens (tertiary/aromatic N) is 2. The first-order valence-corrected chi connectivity index (χ1v) is 5.26. The number of hydrogen-bond acceptors (Lipinski definition) is 4. The van der Waals surface area contributed by atoms with Crippen molar-refractivity contribution in [1.29, 1.82) is 0 Å². The molecule has 0 aliphatic carbocycles. The quantitative estimate of drug-likeness (QED) is 0.580. The Labute approximate surface area is 98.7 Å². The number of methoxy groups -OCH3 is 1. The van der Waals surface area contributed by atoms with Crippen molar-refractivity contribution >= 4 is 17.7 Å². The highest BCUT2D eigenvalue weighted by molar-refractivity contribution is 5.97. The number of carbonyl (C=O) groups is 1. The third-order valence-corrected chi connectivity index (χ3v) is 2.72. The largest absolute Gasteiger partial charge is 0.495 e. The number of aliphatic imine (C=N–C) groups is 1. The minimum Gasteiger partial charge on any atom is -0.495 e. The molecule has 2 rings (SSSR count). The Balaban J connectivity index is 2.28. The van der Waals surface area contributed by atoms with Gasteiger partial charge < -0.3 is 9.64 Å². The molecule has 1 aromatic rings. The maximum absolute atomic E-state index is 11.8. The summed E-state index contributed by atoms with van der Waals surface area (Å²) in [6.07, 6.45) is 1.74. The summed E-state index contributed by atoms with van der Waals surface area (Å²) in [7, 11) is 1.56. The minimum atomic E-state index is -0.301. The molecule has 1 aromatic carbocycles. The molecule has 1 amide bonds. The van der Waals surface area contributed by atoms with Crippen LogP contribution >= 0.6 is 0 Å². The lowest BCUT2D eigenvalue weighted by Gasteiger charge is -2.18. The molecule has 1 heterocycles. The van der Waals surface area contributed by atoms with Gasteiger partial charge >= 0.3 is 0 Å². The molecular weight excluding hydrogens is 220 g/mol. The molecule has 1 atom stereocenters. The molecule has 1 aliphatic rings. The van der Waals surface area contributed by atoms with Crippen LogP contribution in [0, 0.1) is 0 Å². The molecule has 0 spiro atoms. The van der Waals surface area contributed by atoms with Gasteiger partial charge in [0.15, 0.2) is 0 Å². The van der Waals surface area contributed by atoms with Gasteiger partial charge in [-0.3, -0.25) is 4.79 Å². The summed E-state index contributed by atoms with van der Waals surface area (Å²) in [5, 5.41) is 0. The molecule has 17 heavy (non-hydrogen) atoms. The summed E-state index contributed by atoms with van der Waals surface area (Å²) in [5.41, 5.74) is 0.712. The molecule has 1 unspecified atom stereocenters. The first-order valence-electron chi connectivity index (χ1n) is 5.26. The number of ether oxygens (including phenoxy) is 1. The summed E-state index contributed by atoms with van der Waals surface area (Å²) in [6, 6.07) is 6.97. The van der Waals surface area contributed by atoms with Crippen molar-refractivity contribution in [2.24, 2.45) is 4.99 Å². The van der Waals surface area contributed by atoms with Gasteiger partial charge in [-0.05, 0) is 12.1 Å². The minimum absolute atomic E-state index is 0.0569. The van der Waals surface area contributed by atoms with E-state index in [0.717, 1.165) is 0 Å². The smallest absolute Gasteiger partial charge is 0.235 e. The Bertz CT molecular complexity index is 480. The molecule has 1 fully saturated rings. The van der Waals surface area contributed by atoms with Crippen LogP contribution in [0.4, 0.5) is 5.69 Å². The van der Waals surface area contributed by atoms with Gasteiger partial charge in [0.1, 0.15) is 5.75 Å². The van der Waals surface area contributed by atoms with Gasteiger partial charge in [-0.1, -0.05) is 12.1 Å². The molecule has 1 aliphatic heterocycles. The predicted octanol–water partition coefficient (Wildman–Crippen LogP) is 1.14. The number of hydrogen-bond donors (Lipinski definition) is 0. The van der Waals surface area contributed by atoms with Crippen molar-refractivity contribution in [1.82, 2.24) is 0 Å². The average Bonchev–Trinajstić information content (AvgIpc) is 2.70. The Morgan fingerprint density at radius 1 is 1.47 bits per heavy atom. The average molecular weight is 232 g/mol. The summed E-state index contributed by atoms with van der Waals surface area (Å²) in [4.78, 5) is 27.2. The van der Waals surface area contributed by atoms with Crippen LogP contribution in [0.15, 0.2) is 29.3 Å². The first kappa shape index (κ1) is 11.4. The number of rotatable bonds is 3. The highest BCUT2D eigenvalue weighted by Crippen LogP contribution is 2.31. The molecule has 0 bridgehead atoms. The Kier molecular flexibility index (Phi) is 3.21. The summed E-state index contributed by atoms with van der Waals surface area (Å²) < 4.78 is 5.20. The Hall–Kier alpha value is -2.13. The SMILES string of the molecule is COc1ccccc1N1CC(N=C=O)CC1=O. The third-order valence-electron chi connectivity index (χ3n) is 2.72. The Morgan fingerprint density at radius 3 is 2.94 bits per heavy atom. The molecule has 0 N–H and O–H groups in total. The van der Waals surface area contributed by atoms with E-state index >= 15 is 0 Å². The van der Waals surface area contributed by atoms with Crippen molar-refractivity contribution < 1.29 is 14.3 Å². The van der Waals surface area contributed by atoms with Gasteiger partial charge in [-0.15, -0.1) is 0 Å². The van der Waals surface area contributed by atoms with Crippen molar-refractivity contribution in [2.45, 2.75) is 12.5 Å². The van der Waals surface area contributed by atoms with Crippen LogP contribution in [-0.2, 0) is 9.59 Å². The summed E-state index contributed by atoms with van der Waals surface area (Å²) in [5.74, 6) is 0.579. The molecule has 5 heteroatoms. The van der Waals surface area contributed by atoms with E-state index in [2.05, 4.69) is 4.99 Å². The van der Waals surface area contributed by atoms with E-state index in [0.29, 0.717) is 18.0 Å². The Morgan fingerprint density at radius 2 is 2.24 bits per heavy atom. The number of carbonyl (C=O) groups excluding carboxylic acids is 2. The number of isocyanates is 1. The lowest BCUT2D eigenvalue weighted by molar-refractivity contribution is -0.117. The second kappa shape index (κ2) is 4.80. The first-order chi connectivity index (χ1) is 8.26. The van der Waals surface area contributed by atoms with Crippen molar-refractivity contribution in [3.8, 4) is 5.75 Å². The molecular formula is C12H12N2O3. The van der Waals surface area contributed by atoms with Gasteiger partial charge in [0.2, 0.25) is 12.0 Å². The molecule has 0 radical (unpaired) electrons. The van der Waals surface area contributed by atoms with Crippen LogP contribution in [-0.4, -0.2) is 31.7 Å². The zero-order valence-corrected chi connectivity index (χ0v) is 9.42. The van der Waals surface area contributed by atoms with Crippen LogP contribution in [0.5, 0.6) is 5.75 Å². The maximum Gasteiger partial charge on any atom is 0.235 e. The highest BCUT2D eigenvalue weighted by Gasteiger charge is 2.31. The normalized spacial score (nSPS) is 19.0. The molecule has 88 valence electrons. The zero-order valence-electron chi connectivity index (χ0n) is 9.42. The lowest BCUT2D eigenvalue weighted by atomic mass is 10.2. The van der Waals surface area contributed by atoms with Crippen LogP contribution in [0.25, 0.3) is 0 Å². The van der Waals surface area contributed by atoms with Gasteiger partial charge in [-0.2, -0.15) is 0 Å². The molecule has 5 nitrogen and oxygen atoms in total. The third kappa shape index (κ3) is 2.19. The van der Waals surface area contributed by atoms with Gasteiger partial charge in [-0.25, -0.2) is 9.79 Å². The van der Waals surface area contributed by atoms with Crippen molar-refractivity contribution in [3.63, 3.8) is 0 Å². The van der Waals surface area contributed by atoms with Gasteiger partial charge in [0, 0.05) is 6.54 Å². The number of amides is 1. The standard InChI is InChI=1S/C12H12N2O3/c1-17-11-5-3-2-4-10(11)14-7-9(13-8-15)6-12(14)16/h2-5,9H,6-7H2,1H3. The van der Waals surface area contributed by atoms with E-state index in [1.807, 2.05) is 18.2 Å². The number of benzene rings is 1. The predicted molar refractivity (Wildman–Crippen MR) is 61.9 cm³/mol. The molecule has 0 saturated carbocycles.